The Kier molecular flexibility index (Phi) is 5.07. The third-order valence-electron chi connectivity index (χ3n) is 8.83. The average molecular weight is 494 g/mol. The number of ether oxygens (including phenoxy) is 1. The van der Waals surface area contributed by atoms with Crippen LogP contribution in [-0.4, -0.2) is 10.7 Å². The van der Waals surface area contributed by atoms with Crippen LogP contribution in [0.5, 0.6) is 0 Å². The van der Waals surface area contributed by atoms with E-state index in [1.54, 1.807) is 0 Å². The standard InChI is InChI=1S/C36H31NO/c1-2-10-24(11-3-1)25-12-8-13-27(22-25)37-33-18-6-4-14-29(33)32-23-26(20-21-34(32)37)28-16-9-17-31-30-15-5-7-19-35(30)38-36(28)31/h1-2,4-7,9-10,12,14-15,17-23,28,30,35H,3,8,11,13,16H2. The highest BCUT2D eigenvalue weighted by atomic mass is 16.5. The molecule has 0 saturated carbocycles. The van der Waals surface area contributed by atoms with Crippen LogP contribution >= 0.6 is 0 Å². The highest BCUT2D eigenvalue weighted by Crippen LogP contribution is 2.47. The predicted octanol–water partition coefficient (Wildman–Crippen LogP) is 9.07. The summed E-state index contributed by atoms with van der Waals surface area (Å²) in [5.41, 5.74) is 9.55. The lowest BCUT2D eigenvalue weighted by Crippen LogP contribution is -2.15. The Morgan fingerprint density at radius 1 is 0.842 bits per heavy atom. The molecule has 3 unspecified atom stereocenters. The zero-order chi connectivity index (χ0) is 25.1. The van der Waals surface area contributed by atoms with Gasteiger partial charge in [-0.05, 0) is 79.2 Å². The number of para-hydroxylation sites is 1. The molecule has 3 aromatic rings. The summed E-state index contributed by atoms with van der Waals surface area (Å²) in [5, 5.41) is 2.66. The van der Waals surface area contributed by atoms with E-state index in [-0.39, 0.29) is 12.0 Å². The molecule has 2 heteroatoms. The van der Waals surface area contributed by atoms with Crippen molar-refractivity contribution in [2.75, 3.05) is 0 Å². The van der Waals surface area contributed by atoms with Crippen LogP contribution in [0.15, 0.2) is 132 Å². The van der Waals surface area contributed by atoms with Crippen molar-refractivity contribution in [2.24, 2.45) is 5.92 Å². The first kappa shape index (κ1) is 22.0. The second-order valence-electron chi connectivity index (χ2n) is 11.0. The van der Waals surface area contributed by atoms with E-state index < -0.39 is 0 Å². The maximum absolute atomic E-state index is 6.57. The normalized spacial score (nSPS) is 25.8. The van der Waals surface area contributed by atoms with Crippen LogP contribution in [0.3, 0.4) is 0 Å². The van der Waals surface area contributed by atoms with Crippen LogP contribution in [0, 0.1) is 5.92 Å². The second kappa shape index (κ2) is 8.77. The van der Waals surface area contributed by atoms with Gasteiger partial charge in [0.05, 0.1) is 11.0 Å². The van der Waals surface area contributed by atoms with E-state index in [1.807, 2.05) is 0 Å². The fourth-order valence-electron chi connectivity index (χ4n) is 7.01. The van der Waals surface area contributed by atoms with Crippen LogP contribution in [0.4, 0.5) is 0 Å². The van der Waals surface area contributed by atoms with Gasteiger partial charge in [-0.1, -0.05) is 78.9 Å². The van der Waals surface area contributed by atoms with Gasteiger partial charge in [0.1, 0.15) is 11.9 Å². The molecule has 0 amide bonds. The highest BCUT2D eigenvalue weighted by Gasteiger charge is 2.38. The molecule has 3 atom stereocenters. The third kappa shape index (κ3) is 3.40. The molecule has 0 radical (unpaired) electrons. The molecule has 0 fully saturated rings. The second-order valence-corrected chi connectivity index (χ2v) is 11.0. The molecule has 2 aromatic carbocycles. The summed E-state index contributed by atoms with van der Waals surface area (Å²) in [5.74, 6) is 1.78. The minimum absolute atomic E-state index is 0.135. The van der Waals surface area contributed by atoms with E-state index in [0.29, 0.717) is 5.92 Å². The molecule has 0 N–H and O–H groups in total. The number of fused-ring (bicyclic) bond motifs is 5. The maximum Gasteiger partial charge on any atom is 0.127 e. The van der Waals surface area contributed by atoms with Crippen LogP contribution in [0.25, 0.3) is 27.5 Å². The first-order chi connectivity index (χ1) is 18.8. The molecule has 2 heterocycles. The van der Waals surface area contributed by atoms with Crippen molar-refractivity contribution in [3.63, 3.8) is 0 Å². The summed E-state index contributed by atoms with van der Waals surface area (Å²) in [6.07, 6.45) is 30.5. The summed E-state index contributed by atoms with van der Waals surface area (Å²) >= 11 is 0. The first-order valence-electron chi connectivity index (χ1n) is 14.1. The zero-order valence-electron chi connectivity index (χ0n) is 21.5. The summed E-state index contributed by atoms with van der Waals surface area (Å²) in [6.45, 7) is 0. The molecule has 186 valence electrons. The van der Waals surface area contributed by atoms with E-state index in [0.717, 1.165) is 32.1 Å². The topological polar surface area (TPSA) is 14.2 Å². The fourth-order valence-corrected chi connectivity index (χ4v) is 7.01. The van der Waals surface area contributed by atoms with Gasteiger partial charge in [-0.15, -0.1) is 0 Å². The van der Waals surface area contributed by atoms with Crippen LogP contribution < -0.4 is 0 Å². The van der Waals surface area contributed by atoms with Gasteiger partial charge >= 0.3 is 0 Å². The van der Waals surface area contributed by atoms with Crippen LogP contribution in [-0.2, 0) is 4.74 Å². The summed E-state index contributed by atoms with van der Waals surface area (Å²) in [7, 11) is 0. The van der Waals surface area contributed by atoms with E-state index in [1.165, 1.54) is 55.5 Å². The van der Waals surface area contributed by atoms with Crippen molar-refractivity contribution in [1.29, 1.82) is 0 Å². The molecule has 4 aliphatic carbocycles. The molecule has 0 spiro atoms. The molecule has 8 rings (SSSR count). The van der Waals surface area contributed by atoms with Gasteiger partial charge in [-0.2, -0.15) is 0 Å². The van der Waals surface area contributed by atoms with Crippen molar-refractivity contribution in [3.05, 3.63) is 137 Å². The Labute approximate surface area is 224 Å². The Morgan fingerprint density at radius 2 is 1.76 bits per heavy atom. The van der Waals surface area contributed by atoms with E-state index in [2.05, 4.69) is 114 Å². The smallest absolute Gasteiger partial charge is 0.127 e. The third-order valence-corrected chi connectivity index (χ3v) is 8.83. The monoisotopic (exact) mass is 493 g/mol. The molecule has 0 bridgehead atoms. The number of aromatic nitrogens is 1. The van der Waals surface area contributed by atoms with Gasteiger partial charge in [0.2, 0.25) is 0 Å². The summed E-state index contributed by atoms with van der Waals surface area (Å²) < 4.78 is 9.08. The van der Waals surface area contributed by atoms with Gasteiger partial charge in [0.25, 0.3) is 0 Å². The Morgan fingerprint density at radius 3 is 2.71 bits per heavy atom. The van der Waals surface area contributed by atoms with Gasteiger partial charge < -0.3 is 9.30 Å². The SMILES string of the molecule is C1=CCCC(C2=CCCC(n3c4ccccc4c4cc(C5CC=CC6=C5OC5C=CC=CC65)ccc43)=C2)=C1. The van der Waals surface area contributed by atoms with Crippen molar-refractivity contribution in [1.82, 2.24) is 4.57 Å². The van der Waals surface area contributed by atoms with E-state index in [9.17, 15) is 0 Å². The number of rotatable bonds is 3. The summed E-state index contributed by atoms with van der Waals surface area (Å²) in [4.78, 5) is 0. The van der Waals surface area contributed by atoms with Crippen molar-refractivity contribution in [3.8, 4) is 0 Å². The van der Waals surface area contributed by atoms with Gasteiger partial charge in [0, 0.05) is 33.9 Å². The molecular weight excluding hydrogens is 462 g/mol. The van der Waals surface area contributed by atoms with Crippen molar-refractivity contribution >= 4 is 27.5 Å². The minimum Gasteiger partial charge on any atom is -0.489 e. The number of benzene rings is 2. The Balaban J connectivity index is 1.24. The molecule has 0 saturated heterocycles. The predicted molar refractivity (Wildman–Crippen MR) is 158 cm³/mol. The highest BCUT2D eigenvalue weighted by molar-refractivity contribution is 6.10. The van der Waals surface area contributed by atoms with Crippen LogP contribution in [0.1, 0.15) is 43.6 Å². The minimum atomic E-state index is 0.135. The quantitative estimate of drug-likeness (QED) is 0.355. The average Bonchev–Trinajstić information content (AvgIpc) is 3.53. The molecule has 1 aromatic heterocycles. The molecule has 5 aliphatic rings. The number of nitrogens with zero attached hydrogens (tertiary/aromatic N) is 1. The van der Waals surface area contributed by atoms with Gasteiger partial charge in [-0.25, -0.2) is 0 Å². The van der Waals surface area contributed by atoms with Gasteiger partial charge in [0.15, 0.2) is 0 Å². The molecule has 1 aliphatic heterocycles. The lowest BCUT2D eigenvalue weighted by Gasteiger charge is -2.22. The van der Waals surface area contributed by atoms with Gasteiger partial charge in [-0.3, -0.25) is 0 Å². The van der Waals surface area contributed by atoms with E-state index in [4.69, 9.17) is 4.74 Å². The zero-order valence-corrected chi connectivity index (χ0v) is 21.5. The van der Waals surface area contributed by atoms with Crippen molar-refractivity contribution in [2.45, 2.75) is 44.1 Å². The van der Waals surface area contributed by atoms with E-state index >= 15 is 0 Å². The largest absolute Gasteiger partial charge is 0.489 e. The summed E-state index contributed by atoms with van der Waals surface area (Å²) in [6, 6.07) is 16.0. The molecular formula is C36H31NO. The fraction of sp³-hybridized carbons (Fsp3) is 0.222. The molecule has 38 heavy (non-hydrogen) atoms. The lowest BCUT2D eigenvalue weighted by atomic mass is 9.83. The lowest BCUT2D eigenvalue weighted by molar-refractivity contribution is 0.151. The molecule has 2 nitrogen and oxygen atoms in total. The first-order valence-corrected chi connectivity index (χ1v) is 14.1. The Bertz CT molecular complexity index is 1730. The number of hydrogen-bond donors (Lipinski definition) is 0. The maximum atomic E-state index is 6.57. The number of hydrogen-bond acceptors (Lipinski definition) is 1. The number of allylic oxidation sites excluding steroid dienone is 13. The van der Waals surface area contributed by atoms with Crippen molar-refractivity contribution < 1.29 is 4.74 Å². The van der Waals surface area contributed by atoms with Crippen LogP contribution in [0.2, 0.25) is 0 Å². The Hall–Kier alpha value is -4.04.